The number of pyridine rings is 2. The third-order valence-corrected chi connectivity index (χ3v) is 3.07. The number of hydrogen-bond acceptors (Lipinski definition) is 3. The highest BCUT2D eigenvalue weighted by atomic mass is 14.8. The van der Waals surface area contributed by atoms with Crippen LogP contribution in [-0.4, -0.2) is 22.5 Å². The molecule has 0 N–H and O–H groups in total. The Morgan fingerprint density at radius 3 is 1.84 bits per heavy atom. The molecule has 19 heavy (non-hydrogen) atoms. The zero-order valence-corrected chi connectivity index (χ0v) is 11.5. The lowest BCUT2D eigenvalue weighted by Crippen LogP contribution is -2.15. The molecule has 0 aliphatic rings. The second-order valence-electron chi connectivity index (χ2n) is 4.38. The number of aromatic nitrogens is 2. The molecule has 0 amide bonds. The molecule has 2 heterocycles. The van der Waals surface area contributed by atoms with E-state index in [9.17, 15) is 0 Å². The second kappa shape index (κ2) is 6.83. The summed E-state index contributed by atoms with van der Waals surface area (Å²) in [6.45, 7) is 4.64. The van der Waals surface area contributed by atoms with Crippen LogP contribution in [0.5, 0.6) is 0 Å². The van der Waals surface area contributed by atoms with Crippen molar-refractivity contribution in [2.75, 3.05) is 0 Å². The fourth-order valence-corrected chi connectivity index (χ4v) is 1.92. The first-order valence-corrected chi connectivity index (χ1v) is 6.75. The smallest absolute Gasteiger partial charge is 0.279 e. The molecule has 96 valence electrons. The molecule has 3 nitrogen and oxygen atoms in total. The Kier molecular flexibility index (Phi) is 4.84. The van der Waals surface area contributed by atoms with Crippen molar-refractivity contribution in [3.63, 3.8) is 0 Å². The van der Waals surface area contributed by atoms with Gasteiger partial charge < -0.3 is 4.90 Å². The molecule has 0 aliphatic carbocycles. The quantitative estimate of drug-likeness (QED) is 0.603. The molecule has 0 aromatic carbocycles. The predicted molar refractivity (Wildman–Crippen MR) is 80.8 cm³/mol. The standard InChI is InChI=1S/C15H18BN3/c1-3-16(4-2)19-15(13-9-5-7-11-17-13)14-10-6-8-12-18-14/h5-12H,3-4H2,1-2H3. The van der Waals surface area contributed by atoms with E-state index in [4.69, 9.17) is 4.90 Å². The Morgan fingerprint density at radius 2 is 1.47 bits per heavy atom. The first-order valence-electron chi connectivity index (χ1n) is 6.75. The Labute approximate surface area is 114 Å². The van der Waals surface area contributed by atoms with E-state index in [2.05, 4.69) is 23.8 Å². The van der Waals surface area contributed by atoms with Crippen molar-refractivity contribution >= 4 is 12.6 Å². The van der Waals surface area contributed by atoms with E-state index in [-0.39, 0.29) is 0 Å². The summed E-state index contributed by atoms with van der Waals surface area (Å²) in [5, 5.41) is 0. The lowest BCUT2D eigenvalue weighted by molar-refractivity contribution is 1.23. The maximum atomic E-state index is 4.85. The SMILES string of the molecule is CCB(CC)N=C(c1ccccn1)c1ccccn1. The largest absolute Gasteiger partial charge is 0.339 e. The first kappa shape index (κ1) is 13.5. The lowest BCUT2D eigenvalue weighted by atomic mass is 9.58. The number of nitrogens with zero attached hydrogens (tertiary/aromatic N) is 3. The van der Waals surface area contributed by atoms with Gasteiger partial charge in [0.25, 0.3) is 6.85 Å². The zero-order chi connectivity index (χ0) is 13.5. The van der Waals surface area contributed by atoms with Gasteiger partial charge in [-0.05, 0) is 24.3 Å². The highest BCUT2D eigenvalue weighted by molar-refractivity contribution is 6.59. The van der Waals surface area contributed by atoms with Crippen molar-refractivity contribution in [1.29, 1.82) is 0 Å². The van der Waals surface area contributed by atoms with E-state index in [1.165, 1.54) is 0 Å². The molecule has 0 fully saturated rings. The minimum Gasteiger partial charge on any atom is -0.339 e. The predicted octanol–water partition coefficient (Wildman–Crippen LogP) is 3.35. The van der Waals surface area contributed by atoms with Crippen LogP contribution in [0.4, 0.5) is 0 Å². The van der Waals surface area contributed by atoms with Crippen molar-refractivity contribution in [2.45, 2.75) is 26.5 Å². The van der Waals surface area contributed by atoms with Crippen LogP contribution < -0.4 is 0 Å². The van der Waals surface area contributed by atoms with Gasteiger partial charge in [-0.25, -0.2) is 0 Å². The van der Waals surface area contributed by atoms with Crippen LogP contribution in [0, 0.1) is 0 Å². The Balaban J connectivity index is 2.45. The summed E-state index contributed by atoms with van der Waals surface area (Å²) in [4.78, 5) is 13.7. The van der Waals surface area contributed by atoms with E-state index in [0.717, 1.165) is 29.7 Å². The molecule has 2 rings (SSSR count). The normalized spacial score (nSPS) is 10.0. The fourth-order valence-electron chi connectivity index (χ4n) is 1.92. The summed E-state index contributed by atoms with van der Waals surface area (Å²) in [5.74, 6) is 0. The van der Waals surface area contributed by atoms with Crippen LogP contribution in [-0.2, 0) is 0 Å². The molecular formula is C15H18BN3. The van der Waals surface area contributed by atoms with Crippen LogP contribution in [0.15, 0.2) is 53.7 Å². The maximum absolute atomic E-state index is 4.85. The zero-order valence-electron chi connectivity index (χ0n) is 11.5. The van der Waals surface area contributed by atoms with Crippen molar-refractivity contribution < 1.29 is 0 Å². The molecule has 2 aromatic heterocycles. The van der Waals surface area contributed by atoms with Gasteiger partial charge in [0.05, 0.1) is 17.1 Å². The van der Waals surface area contributed by atoms with Gasteiger partial charge >= 0.3 is 0 Å². The summed E-state index contributed by atoms with van der Waals surface area (Å²) in [5.41, 5.74) is 2.65. The van der Waals surface area contributed by atoms with Crippen LogP contribution in [0.25, 0.3) is 0 Å². The molecule has 0 saturated heterocycles. The number of rotatable bonds is 5. The molecular weight excluding hydrogens is 233 g/mol. The highest BCUT2D eigenvalue weighted by Gasteiger charge is 2.13. The molecule has 0 saturated carbocycles. The molecule has 0 radical (unpaired) electrons. The van der Waals surface area contributed by atoms with Crippen molar-refractivity contribution in [3.05, 3.63) is 60.2 Å². The van der Waals surface area contributed by atoms with Gasteiger partial charge in [-0.1, -0.05) is 38.6 Å². The molecule has 0 aliphatic heterocycles. The summed E-state index contributed by atoms with van der Waals surface area (Å²) < 4.78 is 0. The van der Waals surface area contributed by atoms with Gasteiger partial charge in [-0.3, -0.25) is 9.97 Å². The van der Waals surface area contributed by atoms with Crippen molar-refractivity contribution in [2.24, 2.45) is 4.90 Å². The first-order chi connectivity index (χ1) is 9.35. The van der Waals surface area contributed by atoms with E-state index in [1.54, 1.807) is 12.4 Å². The van der Waals surface area contributed by atoms with E-state index in [0.29, 0.717) is 6.85 Å². The van der Waals surface area contributed by atoms with Gasteiger partial charge in [-0.15, -0.1) is 0 Å². The molecule has 0 unspecified atom stereocenters. The number of hydrogen-bond donors (Lipinski definition) is 0. The van der Waals surface area contributed by atoms with Crippen LogP contribution in [0.3, 0.4) is 0 Å². The maximum Gasteiger partial charge on any atom is 0.279 e. The fraction of sp³-hybridized carbons (Fsp3) is 0.267. The Morgan fingerprint density at radius 1 is 0.947 bits per heavy atom. The van der Waals surface area contributed by atoms with E-state index >= 15 is 0 Å². The Hall–Kier alpha value is -1.97. The van der Waals surface area contributed by atoms with E-state index in [1.807, 2.05) is 36.4 Å². The summed E-state index contributed by atoms with van der Waals surface area (Å²) in [6, 6.07) is 11.8. The van der Waals surface area contributed by atoms with Crippen molar-refractivity contribution in [1.82, 2.24) is 9.97 Å². The second-order valence-corrected chi connectivity index (χ2v) is 4.38. The minimum atomic E-state index is 0.319. The van der Waals surface area contributed by atoms with Crippen LogP contribution >= 0.6 is 0 Å². The molecule has 0 atom stereocenters. The van der Waals surface area contributed by atoms with Crippen LogP contribution in [0.2, 0.25) is 12.6 Å². The molecule has 4 heteroatoms. The monoisotopic (exact) mass is 251 g/mol. The summed E-state index contributed by atoms with van der Waals surface area (Å²) in [6.07, 6.45) is 5.64. The lowest BCUT2D eigenvalue weighted by Gasteiger charge is -2.09. The minimum absolute atomic E-state index is 0.319. The molecule has 0 bridgehead atoms. The average Bonchev–Trinajstić information content (AvgIpc) is 2.50. The summed E-state index contributed by atoms with van der Waals surface area (Å²) >= 11 is 0. The average molecular weight is 251 g/mol. The molecule has 0 spiro atoms. The summed E-state index contributed by atoms with van der Waals surface area (Å²) in [7, 11) is 0. The Bertz CT molecular complexity index is 480. The van der Waals surface area contributed by atoms with Gasteiger partial charge in [0.2, 0.25) is 0 Å². The molecule has 2 aromatic rings. The van der Waals surface area contributed by atoms with Gasteiger partial charge in [0.1, 0.15) is 0 Å². The highest BCUT2D eigenvalue weighted by Crippen LogP contribution is 2.10. The van der Waals surface area contributed by atoms with Gasteiger partial charge in [-0.2, -0.15) is 0 Å². The van der Waals surface area contributed by atoms with Crippen LogP contribution in [0.1, 0.15) is 25.2 Å². The topological polar surface area (TPSA) is 38.1 Å². The van der Waals surface area contributed by atoms with Gasteiger partial charge in [0, 0.05) is 12.4 Å². The van der Waals surface area contributed by atoms with Crippen molar-refractivity contribution in [3.8, 4) is 0 Å². The van der Waals surface area contributed by atoms with Gasteiger partial charge in [0.15, 0.2) is 0 Å². The van der Waals surface area contributed by atoms with E-state index < -0.39 is 0 Å². The third kappa shape index (κ3) is 3.50. The third-order valence-electron chi connectivity index (χ3n) is 3.07.